The lowest BCUT2D eigenvalue weighted by Gasteiger charge is -2.11. The lowest BCUT2D eigenvalue weighted by molar-refractivity contribution is 0.0529. The predicted octanol–water partition coefficient (Wildman–Crippen LogP) is 4.60. The van der Waals surface area contributed by atoms with Crippen LogP contribution in [0.15, 0.2) is 30.3 Å². The fraction of sp³-hybridized carbons (Fsp3) is 0.333. The van der Waals surface area contributed by atoms with Gasteiger partial charge in [0, 0.05) is 17.0 Å². The number of aryl methyl sites for hydroxylation is 1. The molecule has 0 atom stereocenters. The molecule has 0 radical (unpaired) electrons. The highest BCUT2D eigenvalue weighted by molar-refractivity contribution is 7.80. The van der Waals surface area contributed by atoms with E-state index in [9.17, 15) is 4.79 Å². The number of carbonyl (C=O) groups is 1. The number of benzene rings is 1. The number of nitrogens with one attached hydrogen (secondary N) is 2. The number of thiocarbonyl (C=S) groups is 1. The van der Waals surface area contributed by atoms with Gasteiger partial charge in [-0.3, -0.25) is 0 Å². The van der Waals surface area contributed by atoms with Crippen molar-refractivity contribution in [1.29, 1.82) is 0 Å². The molecule has 0 aliphatic heterocycles. The van der Waals surface area contributed by atoms with Crippen LogP contribution in [0.3, 0.4) is 0 Å². The molecule has 1 aromatic carbocycles. The van der Waals surface area contributed by atoms with E-state index in [0.29, 0.717) is 17.3 Å². The van der Waals surface area contributed by atoms with E-state index in [2.05, 4.69) is 17.6 Å². The van der Waals surface area contributed by atoms with Gasteiger partial charge in [-0.2, -0.15) is 0 Å². The molecule has 2 aromatic rings. The summed E-state index contributed by atoms with van der Waals surface area (Å²) < 4.78 is 5.27. The number of rotatable bonds is 6. The molecule has 6 heteroatoms. The Balaban J connectivity index is 2.44. The van der Waals surface area contributed by atoms with Gasteiger partial charge in [0.15, 0.2) is 5.11 Å². The molecular formula is C18H22N2O2S2. The smallest absolute Gasteiger partial charge is 0.341 e. The zero-order chi connectivity index (χ0) is 17.5. The van der Waals surface area contributed by atoms with Gasteiger partial charge >= 0.3 is 5.97 Å². The number of hydrogen-bond acceptors (Lipinski definition) is 4. The zero-order valence-corrected chi connectivity index (χ0v) is 15.8. The molecule has 128 valence electrons. The minimum absolute atomic E-state index is 0.332. The molecule has 1 aromatic heterocycles. The Labute approximate surface area is 152 Å². The van der Waals surface area contributed by atoms with Crippen LogP contribution in [0, 0.1) is 6.92 Å². The zero-order valence-electron chi connectivity index (χ0n) is 14.1. The summed E-state index contributed by atoms with van der Waals surface area (Å²) in [7, 11) is 0. The van der Waals surface area contributed by atoms with Crippen LogP contribution in [-0.2, 0) is 4.74 Å². The number of anilines is 1. The minimum Gasteiger partial charge on any atom is -0.462 e. The normalized spacial score (nSPS) is 10.3. The molecular weight excluding hydrogens is 340 g/mol. The highest BCUT2D eigenvalue weighted by Gasteiger charge is 2.24. The number of carbonyl (C=O) groups excluding carboxylic acids is 1. The third kappa shape index (κ3) is 4.33. The second-order valence-corrected chi connectivity index (χ2v) is 6.84. The summed E-state index contributed by atoms with van der Waals surface area (Å²) in [5.74, 6) is -0.332. The van der Waals surface area contributed by atoms with E-state index in [1.54, 1.807) is 6.92 Å². The molecule has 2 rings (SSSR count). The van der Waals surface area contributed by atoms with Gasteiger partial charge in [0.25, 0.3) is 0 Å². The van der Waals surface area contributed by atoms with Gasteiger partial charge in [-0.05, 0) is 38.0 Å². The molecule has 4 nitrogen and oxygen atoms in total. The molecule has 0 aliphatic carbocycles. The summed E-state index contributed by atoms with van der Waals surface area (Å²) in [5, 5.41) is 7.51. The molecule has 0 bridgehead atoms. The van der Waals surface area contributed by atoms with E-state index in [0.717, 1.165) is 34.0 Å². The van der Waals surface area contributed by atoms with Gasteiger partial charge in [-0.1, -0.05) is 37.3 Å². The van der Waals surface area contributed by atoms with E-state index >= 15 is 0 Å². The molecule has 0 saturated heterocycles. The molecule has 0 unspecified atom stereocenters. The van der Waals surface area contributed by atoms with Crippen LogP contribution in [0.25, 0.3) is 11.1 Å². The van der Waals surface area contributed by atoms with Crippen molar-refractivity contribution in [3.63, 3.8) is 0 Å². The number of ether oxygens (including phenoxy) is 1. The first kappa shape index (κ1) is 18.4. The maximum absolute atomic E-state index is 12.5. The average Bonchev–Trinajstić information content (AvgIpc) is 2.90. The lowest BCUT2D eigenvalue weighted by atomic mass is 10.0. The van der Waals surface area contributed by atoms with Crippen molar-refractivity contribution in [1.82, 2.24) is 5.32 Å². The van der Waals surface area contributed by atoms with E-state index in [1.807, 2.05) is 37.3 Å². The quantitative estimate of drug-likeness (QED) is 0.581. The van der Waals surface area contributed by atoms with E-state index in [4.69, 9.17) is 17.0 Å². The summed E-state index contributed by atoms with van der Waals surface area (Å²) >= 11 is 6.83. The average molecular weight is 363 g/mol. The Hall–Kier alpha value is -1.92. The maximum Gasteiger partial charge on any atom is 0.341 e. The molecule has 2 N–H and O–H groups in total. The number of esters is 1. The topological polar surface area (TPSA) is 50.4 Å². The summed E-state index contributed by atoms with van der Waals surface area (Å²) in [6.45, 7) is 7.00. The van der Waals surface area contributed by atoms with Crippen molar-refractivity contribution < 1.29 is 9.53 Å². The number of thiophene rings is 1. The summed E-state index contributed by atoms with van der Waals surface area (Å²) in [6.07, 6.45) is 0.977. The van der Waals surface area contributed by atoms with E-state index in [1.165, 1.54) is 11.3 Å². The van der Waals surface area contributed by atoms with Crippen LogP contribution in [0.1, 0.15) is 35.5 Å². The summed E-state index contributed by atoms with van der Waals surface area (Å²) in [5.41, 5.74) is 2.45. The van der Waals surface area contributed by atoms with Gasteiger partial charge in [0.05, 0.1) is 6.61 Å². The van der Waals surface area contributed by atoms with Gasteiger partial charge < -0.3 is 15.4 Å². The first-order valence-corrected chi connectivity index (χ1v) is 9.21. The van der Waals surface area contributed by atoms with Crippen molar-refractivity contribution in [3.05, 3.63) is 40.8 Å². The Morgan fingerprint density at radius 3 is 2.58 bits per heavy atom. The molecule has 0 saturated carbocycles. The van der Waals surface area contributed by atoms with Crippen LogP contribution >= 0.6 is 23.6 Å². The third-order valence-electron chi connectivity index (χ3n) is 3.39. The van der Waals surface area contributed by atoms with Crippen LogP contribution in [0.5, 0.6) is 0 Å². The summed E-state index contributed by atoms with van der Waals surface area (Å²) in [6, 6.07) is 9.87. The molecule has 1 heterocycles. The largest absolute Gasteiger partial charge is 0.462 e. The molecule has 24 heavy (non-hydrogen) atoms. The lowest BCUT2D eigenvalue weighted by Crippen LogP contribution is -2.29. The third-order valence-corrected chi connectivity index (χ3v) is 4.66. The molecule has 0 amide bonds. The fourth-order valence-corrected chi connectivity index (χ4v) is 3.71. The SMILES string of the molecule is CCCNC(=S)Nc1sc(C)c(-c2ccccc2)c1C(=O)OCC. The van der Waals surface area contributed by atoms with Gasteiger partial charge in [0.1, 0.15) is 10.6 Å². The van der Waals surface area contributed by atoms with Crippen LogP contribution in [0.4, 0.5) is 5.00 Å². The Morgan fingerprint density at radius 2 is 1.96 bits per heavy atom. The van der Waals surface area contributed by atoms with Gasteiger partial charge in [-0.25, -0.2) is 4.79 Å². The monoisotopic (exact) mass is 362 g/mol. The van der Waals surface area contributed by atoms with Gasteiger partial charge in [-0.15, -0.1) is 11.3 Å². The van der Waals surface area contributed by atoms with Crippen LogP contribution < -0.4 is 10.6 Å². The molecule has 0 fully saturated rings. The Bertz CT molecular complexity index is 711. The Morgan fingerprint density at radius 1 is 1.25 bits per heavy atom. The van der Waals surface area contributed by atoms with Crippen molar-refractivity contribution in [2.45, 2.75) is 27.2 Å². The first-order chi connectivity index (χ1) is 11.6. The molecule has 0 aliphatic rings. The second-order valence-electron chi connectivity index (χ2n) is 5.20. The maximum atomic E-state index is 12.5. The second kappa shape index (κ2) is 8.80. The van der Waals surface area contributed by atoms with E-state index in [-0.39, 0.29) is 5.97 Å². The van der Waals surface area contributed by atoms with Crippen molar-refractivity contribution in [2.24, 2.45) is 0 Å². The molecule has 0 spiro atoms. The van der Waals surface area contributed by atoms with Crippen molar-refractivity contribution in [2.75, 3.05) is 18.5 Å². The standard InChI is InChI=1S/C18H22N2O2S2/c1-4-11-19-18(23)20-16-15(17(21)22-5-2)14(12(3)24-16)13-9-7-6-8-10-13/h6-10H,4-5,11H2,1-3H3,(H2,19,20,23). The van der Waals surface area contributed by atoms with Crippen LogP contribution in [0.2, 0.25) is 0 Å². The number of hydrogen-bond donors (Lipinski definition) is 2. The highest BCUT2D eigenvalue weighted by atomic mass is 32.1. The van der Waals surface area contributed by atoms with Crippen LogP contribution in [-0.4, -0.2) is 24.2 Å². The first-order valence-electron chi connectivity index (χ1n) is 7.99. The summed E-state index contributed by atoms with van der Waals surface area (Å²) in [4.78, 5) is 13.6. The minimum atomic E-state index is -0.332. The van der Waals surface area contributed by atoms with Crippen molar-refractivity contribution >= 4 is 39.6 Å². The van der Waals surface area contributed by atoms with Crippen molar-refractivity contribution in [3.8, 4) is 11.1 Å². The Kier molecular flexibility index (Phi) is 6.75. The van der Waals surface area contributed by atoms with E-state index < -0.39 is 0 Å². The predicted molar refractivity (Wildman–Crippen MR) is 105 cm³/mol. The van der Waals surface area contributed by atoms with Gasteiger partial charge in [0.2, 0.25) is 0 Å². The highest BCUT2D eigenvalue weighted by Crippen LogP contribution is 2.40. The fourth-order valence-electron chi connectivity index (χ4n) is 2.37.